The van der Waals surface area contributed by atoms with Crippen molar-refractivity contribution in [3.05, 3.63) is 15.8 Å². The van der Waals surface area contributed by atoms with Crippen molar-refractivity contribution in [2.45, 2.75) is 45.1 Å². The fourth-order valence-electron chi connectivity index (χ4n) is 2.55. The number of amides is 1. The first-order chi connectivity index (χ1) is 12.5. The molecule has 146 valence electrons. The highest BCUT2D eigenvalue weighted by Gasteiger charge is 2.28. The number of unbranched alkanes of at least 4 members (excludes halogenated alkanes) is 1. The molecule has 0 radical (unpaired) electrons. The molecule has 0 unspecified atom stereocenters. The molecule has 0 saturated carbocycles. The molecule has 1 fully saturated rings. The van der Waals surface area contributed by atoms with Crippen molar-refractivity contribution < 1.29 is 32.6 Å². The lowest BCUT2D eigenvalue weighted by atomic mass is 10.1. The van der Waals surface area contributed by atoms with Crippen LogP contribution in [0.4, 0.5) is 13.6 Å². The Morgan fingerprint density at radius 2 is 2.04 bits per heavy atom. The van der Waals surface area contributed by atoms with Gasteiger partial charge in [0.1, 0.15) is 11.9 Å². The van der Waals surface area contributed by atoms with E-state index < -0.39 is 12.4 Å². The number of esters is 1. The minimum atomic E-state index is -2.68. The Kier molecular flexibility index (Phi) is 7.62. The predicted octanol–water partition coefficient (Wildman–Crippen LogP) is 4.25. The molecular weight excluding hydrogens is 368 g/mol. The zero-order chi connectivity index (χ0) is 19.1. The lowest BCUT2D eigenvalue weighted by molar-refractivity contribution is 0.0581. The summed E-state index contributed by atoms with van der Waals surface area (Å²) in [6.07, 6.45) is -0.451. The smallest absolute Gasteiger partial charge is 0.409 e. The fourth-order valence-corrected chi connectivity index (χ4v) is 3.42. The zero-order valence-electron chi connectivity index (χ0n) is 14.8. The molecule has 2 rings (SSSR count). The second kappa shape index (κ2) is 9.70. The molecule has 26 heavy (non-hydrogen) atoms. The minimum Gasteiger partial charge on any atom is -0.488 e. The van der Waals surface area contributed by atoms with Crippen LogP contribution in [-0.4, -0.2) is 49.9 Å². The third-order valence-corrected chi connectivity index (χ3v) is 5.12. The average Bonchev–Trinajstić information content (AvgIpc) is 3.06. The summed E-state index contributed by atoms with van der Waals surface area (Å²) in [5.41, 5.74) is 0. The van der Waals surface area contributed by atoms with Gasteiger partial charge in [-0.25, -0.2) is 18.4 Å². The predicted molar refractivity (Wildman–Crippen MR) is 92.1 cm³/mol. The van der Waals surface area contributed by atoms with E-state index in [1.54, 1.807) is 4.90 Å². The highest BCUT2D eigenvalue weighted by molar-refractivity contribution is 7.14. The maximum absolute atomic E-state index is 12.9. The first-order valence-corrected chi connectivity index (χ1v) is 9.36. The van der Waals surface area contributed by atoms with Gasteiger partial charge in [-0.05, 0) is 6.42 Å². The van der Waals surface area contributed by atoms with Gasteiger partial charge in [0.2, 0.25) is 0 Å². The van der Waals surface area contributed by atoms with E-state index in [1.165, 1.54) is 13.2 Å². The molecule has 0 bridgehead atoms. The van der Waals surface area contributed by atoms with Gasteiger partial charge < -0.3 is 19.1 Å². The summed E-state index contributed by atoms with van der Waals surface area (Å²) < 4.78 is 41.4. The number of carbonyl (C=O) groups is 2. The second-order valence-electron chi connectivity index (χ2n) is 5.91. The molecule has 9 heteroatoms. The van der Waals surface area contributed by atoms with Crippen molar-refractivity contribution in [2.75, 3.05) is 26.8 Å². The highest BCUT2D eigenvalue weighted by atomic mass is 32.1. The molecule has 1 aromatic rings. The van der Waals surface area contributed by atoms with Crippen molar-refractivity contribution >= 4 is 23.4 Å². The van der Waals surface area contributed by atoms with Gasteiger partial charge in [-0.3, -0.25) is 0 Å². The summed E-state index contributed by atoms with van der Waals surface area (Å²) >= 11 is 0.671. The Balaban J connectivity index is 1.92. The molecule has 1 amide bonds. The van der Waals surface area contributed by atoms with Gasteiger partial charge in [-0.1, -0.05) is 13.3 Å². The van der Waals surface area contributed by atoms with E-state index in [2.05, 4.69) is 4.74 Å². The summed E-state index contributed by atoms with van der Waals surface area (Å²) in [5, 5.41) is 0. The van der Waals surface area contributed by atoms with E-state index in [0.29, 0.717) is 43.9 Å². The number of nitrogens with zero attached hydrogens (tertiary/aromatic N) is 1. The van der Waals surface area contributed by atoms with Crippen LogP contribution >= 0.6 is 11.3 Å². The van der Waals surface area contributed by atoms with Crippen LogP contribution in [0.3, 0.4) is 0 Å². The quantitative estimate of drug-likeness (QED) is 0.513. The van der Waals surface area contributed by atoms with E-state index >= 15 is 0 Å². The molecule has 0 aromatic carbocycles. The molecule has 1 saturated heterocycles. The summed E-state index contributed by atoms with van der Waals surface area (Å²) in [7, 11) is 1.19. The molecule has 0 atom stereocenters. The number of alkyl halides is 2. The second-order valence-corrected chi connectivity index (χ2v) is 6.99. The molecule has 6 nitrogen and oxygen atoms in total. The number of halogens is 2. The first-order valence-electron chi connectivity index (χ1n) is 8.54. The van der Waals surface area contributed by atoms with E-state index in [0.717, 1.165) is 12.8 Å². The van der Waals surface area contributed by atoms with Crippen molar-refractivity contribution in [3.8, 4) is 5.75 Å². The molecular formula is C17H23F2NO5S. The van der Waals surface area contributed by atoms with E-state index in [-0.39, 0.29) is 27.7 Å². The van der Waals surface area contributed by atoms with Gasteiger partial charge in [0.15, 0.2) is 4.88 Å². The van der Waals surface area contributed by atoms with Crippen LogP contribution in [0.5, 0.6) is 5.75 Å². The lowest BCUT2D eigenvalue weighted by Crippen LogP contribution is -2.42. The molecule has 2 heterocycles. The van der Waals surface area contributed by atoms with Crippen molar-refractivity contribution in [2.24, 2.45) is 0 Å². The number of piperidine rings is 1. The Bertz CT molecular complexity index is 614. The van der Waals surface area contributed by atoms with Crippen LogP contribution < -0.4 is 4.74 Å². The van der Waals surface area contributed by atoms with Crippen LogP contribution in [0.15, 0.2) is 6.07 Å². The largest absolute Gasteiger partial charge is 0.488 e. The van der Waals surface area contributed by atoms with E-state index in [9.17, 15) is 18.4 Å². The van der Waals surface area contributed by atoms with Crippen molar-refractivity contribution in [1.82, 2.24) is 4.90 Å². The molecule has 0 aliphatic carbocycles. The normalized spacial score (nSPS) is 15.2. The van der Waals surface area contributed by atoms with Gasteiger partial charge in [0, 0.05) is 32.0 Å². The Morgan fingerprint density at radius 1 is 1.35 bits per heavy atom. The monoisotopic (exact) mass is 391 g/mol. The number of likely N-dealkylation sites (tertiary alicyclic amines) is 1. The summed E-state index contributed by atoms with van der Waals surface area (Å²) in [4.78, 5) is 25.1. The van der Waals surface area contributed by atoms with Gasteiger partial charge in [0.25, 0.3) is 6.43 Å². The van der Waals surface area contributed by atoms with E-state index in [4.69, 9.17) is 9.47 Å². The standard InChI is InChI=1S/C17H23F2NO5S/c1-3-4-9-24-17(22)20-7-5-11(6-8-20)25-12-10-13(15(18)19)26-14(12)16(21)23-2/h10-11,15H,3-9H2,1-2H3. The van der Waals surface area contributed by atoms with Crippen LogP contribution in [0.1, 0.15) is 53.6 Å². The minimum absolute atomic E-state index is 0.0317. The van der Waals surface area contributed by atoms with Crippen LogP contribution in [0.25, 0.3) is 0 Å². The SMILES string of the molecule is CCCCOC(=O)N1CCC(Oc2cc(C(F)F)sc2C(=O)OC)CC1. The number of thiophene rings is 1. The van der Waals surface area contributed by atoms with Gasteiger partial charge in [-0.15, -0.1) is 11.3 Å². The molecule has 0 N–H and O–H groups in total. The van der Waals surface area contributed by atoms with Crippen LogP contribution in [-0.2, 0) is 9.47 Å². The van der Waals surface area contributed by atoms with E-state index in [1.807, 2.05) is 6.92 Å². The van der Waals surface area contributed by atoms with Gasteiger partial charge >= 0.3 is 12.1 Å². The summed E-state index contributed by atoms with van der Waals surface area (Å²) in [6.45, 7) is 3.33. The fraction of sp³-hybridized carbons (Fsp3) is 0.647. The van der Waals surface area contributed by atoms with Crippen molar-refractivity contribution in [1.29, 1.82) is 0 Å². The Labute approximate surface area is 155 Å². The number of carbonyl (C=O) groups excluding carboxylic acids is 2. The lowest BCUT2D eigenvalue weighted by Gasteiger charge is -2.31. The van der Waals surface area contributed by atoms with Crippen molar-refractivity contribution in [3.63, 3.8) is 0 Å². The highest BCUT2D eigenvalue weighted by Crippen LogP contribution is 2.37. The molecule has 1 aliphatic rings. The topological polar surface area (TPSA) is 65.1 Å². The third-order valence-electron chi connectivity index (χ3n) is 4.02. The molecule has 0 spiro atoms. The zero-order valence-corrected chi connectivity index (χ0v) is 15.7. The van der Waals surface area contributed by atoms with Crippen LogP contribution in [0.2, 0.25) is 0 Å². The van der Waals surface area contributed by atoms with Gasteiger partial charge in [-0.2, -0.15) is 0 Å². The number of methoxy groups -OCH3 is 1. The number of hydrogen-bond acceptors (Lipinski definition) is 6. The first kappa shape index (κ1) is 20.4. The Morgan fingerprint density at radius 3 is 2.62 bits per heavy atom. The van der Waals surface area contributed by atoms with Crippen LogP contribution in [0, 0.1) is 0 Å². The summed E-state index contributed by atoms with van der Waals surface area (Å²) in [6, 6.07) is 1.19. The number of ether oxygens (including phenoxy) is 3. The Hall–Kier alpha value is -1.90. The maximum Gasteiger partial charge on any atom is 0.409 e. The maximum atomic E-state index is 12.9. The number of hydrogen-bond donors (Lipinski definition) is 0. The average molecular weight is 391 g/mol. The van der Waals surface area contributed by atoms with Gasteiger partial charge in [0.05, 0.1) is 18.6 Å². The number of rotatable bonds is 7. The molecule has 1 aliphatic heterocycles. The molecule has 1 aromatic heterocycles. The third kappa shape index (κ3) is 5.30. The summed E-state index contributed by atoms with van der Waals surface area (Å²) in [5.74, 6) is -0.588.